The number of rotatable bonds is 6. The minimum atomic E-state index is 0.573. The lowest BCUT2D eigenvalue weighted by Crippen LogP contribution is -2.33. The molecule has 0 amide bonds. The maximum atomic E-state index is 6.00. The van der Waals surface area contributed by atoms with Crippen LogP contribution in [0.3, 0.4) is 0 Å². The van der Waals surface area contributed by atoms with Gasteiger partial charge in [-0.15, -0.1) is 0 Å². The van der Waals surface area contributed by atoms with Gasteiger partial charge in [-0.25, -0.2) is 0 Å². The Morgan fingerprint density at radius 2 is 2.00 bits per heavy atom. The van der Waals surface area contributed by atoms with E-state index in [9.17, 15) is 0 Å². The molecule has 1 unspecified atom stereocenters. The van der Waals surface area contributed by atoms with Crippen molar-refractivity contribution in [2.75, 3.05) is 17.2 Å². The molecule has 17 heavy (non-hydrogen) atoms. The van der Waals surface area contributed by atoms with Gasteiger partial charge in [0.1, 0.15) is 0 Å². The summed E-state index contributed by atoms with van der Waals surface area (Å²) in [5, 5.41) is 0. The molecule has 1 atom stereocenters. The monoisotopic (exact) mass is 234 g/mol. The van der Waals surface area contributed by atoms with E-state index >= 15 is 0 Å². The molecule has 0 aliphatic heterocycles. The van der Waals surface area contributed by atoms with Crippen molar-refractivity contribution < 1.29 is 0 Å². The summed E-state index contributed by atoms with van der Waals surface area (Å²) in [4.78, 5) is 2.47. The van der Waals surface area contributed by atoms with E-state index in [4.69, 9.17) is 5.73 Å². The molecule has 0 radical (unpaired) electrons. The molecular formula is C15H26N2. The third-order valence-electron chi connectivity index (χ3n) is 3.47. The molecule has 0 saturated carbocycles. The summed E-state index contributed by atoms with van der Waals surface area (Å²) >= 11 is 0. The van der Waals surface area contributed by atoms with E-state index in [1.807, 2.05) is 0 Å². The van der Waals surface area contributed by atoms with Crippen molar-refractivity contribution in [3.05, 3.63) is 23.8 Å². The molecule has 0 heterocycles. The van der Waals surface area contributed by atoms with Gasteiger partial charge in [0.2, 0.25) is 0 Å². The van der Waals surface area contributed by atoms with Crippen LogP contribution in [0, 0.1) is 6.92 Å². The maximum absolute atomic E-state index is 6.00. The average Bonchev–Trinajstić information content (AvgIpc) is 2.33. The van der Waals surface area contributed by atoms with Gasteiger partial charge in [-0.1, -0.05) is 26.3 Å². The molecule has 2 nitrogen and oxygen atoms in total. The Bertz CT molecular complexity index is 347. The largest absolute Gasteiger partial charge is 0.398 e. The summed E-state index contributed by atoms with van der Waals surface area (Å²) in [6.07, 6.45) is 3.63. The van der Waals surface area contributed by atoms with Gasteiger partial charge in [-0.2, -0.15) is 0 Å². The summed E-state index contributed by atoms with van der Waals surface area (Å²) in [6, 6.07) is 6.99. The predicted octanol–water partition coefficient (Wildman–Crippen LogP) is 3.98. The zero-order chi connectivity index (χ0) is 12.8. The SMILES string of the molecule is CCCCN(c1ccc(C)c(N)c1)C(C)CC. The molecule has 0 bridgehead atoms. The van der Waals surface area contributed by atoms with Crippen molar-refractivity contribution in [2.24, 2.45) is 0 Å². The summed E-state index contributed by atoms with van der Waals surface area (Å²) in [5.74, 6) is 0. The third kappa shape index (κ3) is 3.65. The fourth-order valence-electron chi connectivity index (χ4n) is 1.96. The van der Waals surface area contributed by atoms with E-state index in [0.29, 0.717) is 6.04 Å². The van der Waals surface area contributed by atoms with Gasteiger partial charge in [-0.05, 0) is 44.4 Å². The van der Waals surface area contributed by atoms with Crippen molar-refractivity contribution in [3.8, 4) is 0 Å². The van der Waals surface area contributed by atoms with Gasteiger partial charge in [-0.3, -0.25) is 0 Å². The molecule has 0 aromatic heterocycles. The van der Waals surface area contributed by atoms with Gasteiger partial charge < -0.3 is 10.6 Å². The number of aryl methyl sites for hydroxylation is 1. The second kappa shape index (κ2) is 6.53. The first kappa shape index (κ1) is 13.9. The maximum Gasteiger partial charge on any atom is 0.0389 e. The zero-order valence-corrected chi connectivity index (χ0v) is 11.7. The Kier molecular flexibility index (Phi) is 5.33. The van der Waals surface area contributed by atoms with Gasteiger partial charge in [0.15, 0.2) is 0 Å². The number of anilines is 2. The van der Waals surface area contributed by atoms with Crippen LogP contribution in [0.5, 0.6) is 0 Å². The van der Waals surface area contributed by atoms with Gasteiger partial charge in [0.05, 0.1) is 0 Å². The van der Waals surface area contributed by atoms with E-state index in [0.717, 1.165) is 24.2 Å². The lowest BCUT2D eigenvalue weighted by molar-refractivity contribution is 0.596. The summed E-state index contributed by atoms with van der Waals surface area (Å²) < 4.78 is 0. The van der Waals surface area contributed by atoms with Crippen LogP contribution in [0.1, 0.15) is 45.6 Å². The van der Waals surface area contributed by atoms with Crippen molar-refractivity contribution in [1.82, 2.24) is 0 Å². The minimum Gasteiger partial charge on any atom is -0.398 e. The molecule has 1 rings (SSSR count). The van der Waals surface area contributed by atoms with E-state index in [1.54, 1.807) is 0 Å². The van der Waals surface area contributed by atoms with Crippen LogP contribution >= 0.6 is 0 Å². The molecule has 2 heteroatoms. The highest BCUT2D eigenvalue weighted by Crippen LogP contribution is 2.24. The van der Waals surface area contributed by atoms with Crippen LogP contribution in [0.25, 0.3) is 0 Å². The molecular weight excluding hydrogens is 208 g/mol. The van der Waals surface area contributed by atoms with Crippen LogP contribution in [0.2, 0.25) is 0 Å². The van der Waals surface area contributed by atoms with Crippen LogP contribution in [0.4, 0.5) is 11.4 Å². The van der Waals surface area contributed by atoms with Crippen LogP contribution in [0.15, 0.2) is 18.2 Å². The number of benzene rings is 1. The smallest absolute Gasteiger partial charge is 0.0389 e. The van der Waals surface area contributed by atoms with Crippen molar-refractivity contribution in [1.29, 1.82) is 0 Å². The van der Waals surface area contributed by atoms with Crippen LogP contribution in [-0.4, -0.2) is 12.6 Å². The van der Waals surface area contributed by atoms with Gasteiger partial charge >= 0.3 is 0 Å². The lowest BCUT2D eigenvalue weighted by atomic mass is 10.1. The molecule has 0 aliphatic carbocycles. The van der Waals surface area contributed by atoms with Crippen molar-refractivity contribution >= 4 is 11.4 Å². The molecule has 1 aromatic carbocycles. The van der Waals surface area contributed by atoms with E-state index in [1.165, 1.54) is 18.5 Å². The first-order valence-electron chi connectivity index (χ1n) is 6.72. The molecule has 2 N–H and O–H groups in total. The second-order valence-electron chi connectivity index (χ2n) is 4.85. The van der Waals surface area contributed by atoms with Gasteiger partial charge in [0, 0.05) is 24.0 Å². The first-order valence-corrected chi connectivity index (χ1v) is 6.72. The lowest BCUT2D eigenvalue weighted by Gasteiger charge is -2.31. The van der Waals surface area contributed by atoms with E-state index < -0.39 is 0 Å². The molecule has 0 fully saturated rings. The first-order chi connectivity index (χ1) is 8.10. The summed E-state index contributed by atoms with van der Waals surface area (Å²) in [5.41, 5.74) is 9.32. The number of hydrogen-bond acceptors (Lipinski definition) is 2. The molecule has 0 aliphatic rings. The third-order valence-corrected chi connectivity index (χ3v) is 3.47. The highest BCUT2D eigenvalue weighted by molar-refractivity contribution is 5.60. The Labute approximate surface area is 106 Å². The summed E-state index contributed by atoms with van der Waals surface area (Å²) in [7, 11) is 0. The fraction of sp³-hybridized carbons (Fsp3) is 0.600. The van der Waals surface area contributed by atoms with E-state index in [2.05, 4.69) is 50.8 Å². The number of nitrogens with two attached hydrogens (primary N) is 1. The van der Waals surface area contributed by atoms with Gasteiger partial charge in [0.25, 0.3) is 0 Å². The highest BCUT2D eigenvalue weighted by atomic mass is 15.2. The van der Waals surface area contributed by atoms with Crippen LogP contribution in [-0.2, 0) is 0 Å². The molecule has 0 spiro atoms. The number of hydrogen-bond donors (Lipinski definition) is 1. The standard InChI is InChI=1S/C15H26N2/c1-5-7-10-17(13(4)6-2)14-9-8-12(3)15(16)11-14/h8-9,11,13H,5-7,10,16H2,1-4H3. The number of nitrogens with zero attached hydrogens (tertiary/aromatic N) is 1. The van der Waals surface area contributed by atoms with Crippen molar-refractivity contribution in [2.45, 2.75) is 53.0 Å². The Hall–Kier alpha value is -1.18. The second-order valence-corrected chi connectivity index (χ2v) is 4.85. The number of nitrogen functional groups attached to an aromatic ring is 1. The quantitative estimate of drug-likeness (QED) is 0.754. The van der Waals surface area contributed by atoms with Crippen molar-refractivity contribution in [3.63, 3.8) is 0 Å². The highest BCUT2D eigenvalue weighted by Gasteiger charge is 2.12. The topological polar surface area (TPSA) is 29.3 Å². The summed E-state index contributed by atoms with van der Waals surface area (Å²) in [6.45, 7) is 9.93. The molecule has 0 saturated heterocycles. The average molecular weight is 234 g/mol. The van der Waals surface area contributed by atoms with E-state index in [-0.39, 0.29) is 0 Å². The molecule has 96 valence electrons. The zero-order valence-electron chi connectivity index (χ0n) is 11.7. The Balaban J connectivity index is 2.91. The minimum absolute atomic E-state index is 0.573. The fourth-order valence-corrected chi connectivity index (χ4v) is 1.96. The van der Waals surface area contributed by atoms with Crippen LogP contribution < -0.4 is 10.6 Å². The normalized spacial score (nSPS) is 12.5. The number of unbranched alkanes of at least 4 members (excludes halogenated alkanes) is 1. The molecule has 1 aromatic rings. The predicted molar refractivity (Wildman–Crippen MR) is 77.6 cm³/mol. The Morgan fingerprint density at radius 1 is 1.29 bits per heavy atom. The Morgan fingerprint density at radius 3 is 2.53 bits per heavy atom.